The van der Waals surface area contributed by atoms with Crippen molar-refractivity contribution in [2.45, 2.75) is 105 Å². The van der Waals surface area contributed by atoms with Crippen molar-refractivity contribution in [3.05, 3.63) is 0 Å². The fraction of sp³-hybridized carbons (Fsp3) is 0.952. The summed E-state index contributed by atoms with van der Waals surface area (Å²) in [5.41, 5.74) is 0. The van der Waals surface area contributed by atoms with Crippen LogP contribution in [0.1, 0.15) is 57.8 Å². The molecular formula is C21H29BrFeO. The van der Waals surface area contributed by atoms with Crippen molar-refractivity contribution in [2.24, 2.45) is 0 Å². The number of carbonyl (C=O) groups is 1. The molecule has 10 rings (SSSR count). The van der Waals surface area contributed by atoms with E-state index in [1.54, 1.807) is 0 Å². The van der Waals surface area contributed by atoms with Crippen molar-refractivity contribution >= 4 is 21.7 Å². The molecule has 10 aliphatic heterocycles. The topological polar surface area (TPSA) is 17.1 Å². The SMILES string of the molecule is O=C(CCCCCCCCCCBr)[C]12[CH]3[CH]4[CH]5[CH]1[Fe]45321678[CH]2[CH]1[CH]6[CH]7[CH]28. The number of rotatable bonds is 11. The van der Waals surface area contributed by atoms with E-state index in [4.69, 9.17) is 0 Å². The Morgan fingerprint density at radius 2 is 1.17 bits per heavy atom. The summed E-state index contributed by atoms with van der Waals surface area (Å²) in [6.07, 6.45) is 11.9. The molecule has 0 amide bonds. The van der Waals surface area contributed by atoms with Crippen molar-refractivity contribution < 1.29 is 11.3 Å². The molecule has 134 valence electrons. The molecule has 0 radical (unpaired) electrons. The molecule has 0 aromatic rings. The number of Topliss-reactive ketones (excluding diaryl/α,β-unsaturated/α-hetero) is 1. The first-order valence-corrected chi connectivity index (χ1v) is 18.2. The van der Waals surface area contributed by atoms with Crippen molar-refractivity contribution in [2.75, 3.05) is 5.33 Å². The van der Waals surface area contributed by atoms with E-state index in [1.807, 2.05) is 0 Å². The van der Waals surface area contributed by atoms with Crippen LogP contribution in [-0.2, 0) is 11.3 Å². The predicted molar refractivity (Wildman–Crippen MR) is 96.8 cm³/mol. The number of fused-ring (bicyclic) bond motifs is 10. The molecule has 10 fully saturated rings. The molecule has 0 aromatic heterocycles. The van der Waals surface area contributed by atoms with Gasteiger partial charge in [-0.2, -0.15) is 0 Å². The van der Waals surface area contributed by atoms with E-state index < -0.39 is 6.51 Å². The molecule has 4 unspecified atom stereocenters. The van der Waals surface area contributed by atoms with Crippen LogP contribution in [-0.4, -0.2) is 11.1 Å². The second-order valence-corrected chi connectivity index (χ2v) is 37.7. The molecule has 0 aromatic carbocycles. The number of alkyl halides is 1. The molecule has 1 nitrogen and oxygen atoms in total. The number of hydrogen-bond acceptors (Lipinski definition) is 1. The number of unbranched alkanes of at least 4 members (excludes halogenated alkanes) is 7. The van der Waals surface area contributed by atoms with Gasteiger partial charge in [-0.15, -0.1) is 0 Å². The number of hydrogen-bond donors (Lipinski definition) is 0. The predicted octanol–water partition coefficient (Wildman–Crippen LogP) is 7.22. The van der Waals surface area contributed by atoms with E-state index in [1.165, 1.54) is 94.7 Å². The van der Waals surface area contributed by atoms with Crippen molar-refractivity contribution in [3.8, 4) is 0 Å². The second kappa shape index (κ2) is 1.45. The minimum atomic E-state index is -3.10. The summed E-state index contributed by atoms with van der Waals surface area (Å²) >= 11 is 3.51. The molecule has 10 saturated heterocycles. The van der Waals surface area contributed by atoms with Gasteiger partial charge < -0.3 is 0 Å². The monoisotopic (exact) mass is 432 g/mol. The molecule has 1 spiro atoms. The quantitative estimate of drug-likeness (QED) is 0.191. The van der Waals surface area contributed by atoms with E-state index in [9.17, 15) is 4.79 Å². The van der Waals surface area contributed by atoms with E-state index in [-0.39, 0.29) is 0 Å². The van der Waals surface area contributed by atoms with Crippen LogP contribution in [0.3, 0.4) is 0 Å². The Morgan fingerprint density at radius 3 is 1.54 bits per heavy atom. The average molecular weight is 433 g/mol. The van der Waals surface area contributed by atoms with Crippen molar-refractivity contribution in [1.82, 2.24) is 0 Å². The number of halogens is 1. The Kier molecular flexibility index (Phi) is 0.735. The van der Waals surface area contributed by atoms with Gasteiger partial charge in [0.15, 0.2) is 0 Å². The van der Waals surface area contributed by atoms with Crippen LogP contribution in [0.15, 0.2) is 0 Å². The molecule has 24 heavy (non-hydrogen) atoms. The third-order valence-corrected chi connectivity index (χ3v) is 60.3. The zero-order valence-corrected chi connectivity index (χ0v) is 17.1. The summed E-state index contributed by atoms with van der Waals surface area (Å²) < 4.78 is 0.550. The van der Waals surface area contributed by atoms with Gasteiger partial charge in [0.25, 0.3) is 0 Å². The van der Waals surface area contributed by atoms with Crippen LogP contribution in [0, 0.1) is 0 Å². The molecule has 10 heterocycles. The van der Waals surface area contributed by atoms with Gasteiger partial charge in [0.1, 0.15) is 0 Å². The fourth-order valence-electron chi connectivity index (χ4n) is 18.6. The molecular weight excluding hydrogens is 404 g/mol. The molecule has 0 bridgehead atoms. The summed E-state index contributed by atoms with van der Waals surface area (Å²) in [5.74, 6) is 0.895. The Bertz CT molecular complexity index is 1010. The minimum absolute atomic E-state index is 0.550. The standard InChI is InChI=1S/C16H24BrO.C5H5.Fe/c17-14-10-6-4-2-1-3-5-7-13-16(18)15-11-8-9-12-15;1-2-4-5-3-1;/h8-9,11-12H,1-7,10,13-14H2;1-5H;. The molecule has 0 aliphatic carbocycles. The number of carbonyl (C=O) groups excluding carboxylic acids is 1. The first kappa shape index (κ1) is 12.2. The molecule has 0 N–H and O–H groups in total. The van der Waals surface area contributed by atoms with Gasteiger partial charge in [-0.05, 0) is 0 Å². The van der Waals surface area contributed by atoms with Gasteiger partial charge in [0.2, 0.25) is 0 Å². The van der Waals surface area contributed by atoms with Crippen LogP contribution in [0.2, 0.25) is 47.7 Å². The Hall–Kier alpha value is 0.669. The van der Waals surface area contributed by atoms with Gasteiger partial charge in [-0.1, -0.05) is 15.9 Å². The van der Waals surface area contributed by atoms with Crippen LogP contribution in [0.4, 0.5) is 0 Å². The Morgan fingerprint density at radius 1 is 0.708 bits per heavy atom. The molecule has 10 aliphatic rings. The molecule has 4 atom stereocenters. The second-order valence-electron chi connectivity index (χ2n) is 13.4. The van der Waals surface area contributed by atoms with Crippen LogP contribution < -0.4 is 0 Å². The molecule has 3 heteroatoms. The first-order valence-electron chi connectivity index (χ1n) is 10.8. The number of ketones is 1. The van der Waals surface area contributed by atoms with Crippen molar-refractivity contribution in [1.29, 1.82) is 0 Å². The Balaban J connectivity index is 0.845. The summed E-state index contributed by atoms with van der Waals surface area (Å²) in [7, 11) is 0. The zero-order chi connectivity index (χ0) is 15.7. The van der Waals surface area contributed by atoms with Crippen molar-refractivity contribution in [3.63, 3.8) is 0 Å². The van der Waals surface area contributed by atoms with Gasteiger partial charge in [-0.3, -0.25) is 0 Å². The maximum atomic E-state index is 13.4. The van der Waals surface area contributed by atoms with Gasteiger partial charge in [0, 0.05) is 0 Å². The third kappa shape index (κ3) is 0.200. The zero-order valence-electron chi connectivity index (χ0n) is 14.4. The first-order chi connectivity index (χ1) is 11.5. The van der Waals surface area contributed by atoms with E-state index >= 15 is 0 Å². The van der Waals surface area contributed by atoms with Crippen LogP contribution in [0.5, 0.6) is 0 Å². The van der Waals surface area contributed by atoms with E-state index in [0.717, 1.165) is 17.5 Å². The van der Waals surface area contributed by atoms with Crippen LogP contribution in [0.25, 0.3) is 0 Å². The van der Waals surface area contributed by atoms with Gasteiger partial charge in [-0.25, -0.2) is 0 Å². The fourth-order valence-corrected chi connectivity index (χ4v) is 93.1. The summed E-state index contributed by atoms with van der Waals surface area (Å²) in [4.78, 5) is 25.1. The van der Waals surface area contributed by atoms with Crippen LogP contribution >= 0.6 is 15.9 Å². The normalized spacial score (nSPS) is 87.8. The van der Waals surface area contributed by atoms with Gasteiger partial charge in [0.05, 0.1) is 0 Å². The van der Waals surface area contributed by atoms with Gasteiger partial charge >= 0.3 is 128 Å². The molecule has 0 saturated carbocycles. The Labute approximate surface area is 143 Å². The van der Waals surface area contributed by atoms with E-state index in [0.29, 0.717) is 4.31 Å². The summed E-state index contributed by atoms with van der Waals surface area (Å²) in [6.45, 7) is -3.10. The summed E-state index contributed by atoms with van der Waals surface area (Å²) in [5, 5.41) is 1.16. The average Bonchev–Trinajstić information content (AvgIpc) is 3.53. The summed E-state index contributed by atoms with van der Waals surface area (Å²) in [6, 6.07) is 0. The maximum absolute atomic E-state index is 13.4. The van der Waals surface area contributed by atoms with E-state index in [2.05, 4.69) is 15.9 Å². The third-order valence-electron chi connectivity index (χ3n) is 17.4.